The molecule has 19 nitrogen and oxygen atoms in total. The molecule has 72 heavy (non-hydrogen) atoms. The Hall–Kier alpha value is -5.59. The van der Waals surface area contributed by atoms with Gasteiger partial charge >= 0.3 is 11.9 Å². The lowest BCUT2D eigenvalue weighted by Crippen LogP contribution is -2.61. The van der Waals surface area contributed by atoms with Gasteiger partial charge in [-0.2, -0.15) is 0 Å². The minimum atomic E-state index is -1.66. The molecule has 1 aromatic rings. The highest BCUT2D eigenvalue weighted by Crippen LogP contribution is 2.26. The van der Waals surface area contributed by atoms with Gasteiger partial charge < -0.3 is 50.0 Å². The third kappa shape index (κ3) is 16.5. The van der Waals surface area contributed by atoms with Crippen LogP contribution < -0.4 is 20.7 Å². The van der Waals surface area contributed by atoms with E-state index in [0.29, 0.717) is 30.6 Å². The number of carbonyl (C=O) groups excluding carboxylic acids is 9. The summed E-state index contributed by atoms with van der Waals surface area (Å²) in [6.45, 7) is 19.0. The molecule has 404 valence electrons. The van der Waals surface area contributed by atoms with Gasteiger partial charge in [0.1, 0.15) is 42.1 Å². The highest BCUT2D eigenvalue weighted by atomic mass is 16.6. The summed E-state index contributed by atoms with van der Waals surface area (Å²) < 4.78 is 17.2. The van der Waals surface area contributed by atoms with Crippen LogP contribution in [0.25, 0.3) is 0 Å². The van der Waals surface area contributed by atoms with Crippen molar-refractivity contribution in [2.75, 3.05) is 27.7 Å². The number of rotatable bonds is 15. The summed E-state index contributed by atoms with van der Waals surface area (Å²) in [4.78, 5) is 132. The van der Waals surface area contributed by atoms with Gasteiger partial charge in [-0.25, -0.2) is 4.79 Å². The van der Waals surface area contributed by atoms with Crippen molar-refractivity contribution in [2.24, 2.45) is 29.6 Å². The van der Waals surface area contributed by atoms with E-state index in [1.54, 1.807) is 52.0 Å². The third-order valence-corrected chi connectivity index (χ3v) is 13.8. The number of nitrogens with zero attached hydrogens (tertiary/aromatic N) is 3. The molecule has 2 fully saturated rings. The number of aliphatic hydroxyl groups is 1. The van der Waals surface area contributed by atoms with E-state index in [4.69, 9.17) is 14.2 Å². The monoisotopic (exact) mass is 1010 g/mol. The average molecular weight is 1010 g/mol. The average Bonchev–Trinajstić information content (AvgIpc) is 3.82. The second-order valence-corrected chi connectivity index (χ2v) is 20.9. The Labute approximate surface area is 426 Å². The zero-order valence-corrected chi connectivity index (χ0v) is 45.2. The molecule has 6 amide bonds. The maximum Gasteiger partial charge on any atom is 0.329 e. The number of amides is 6. The maximum atomic E-state index is 14.8. The number of ether oxygens (including phenoxy) is 3. The summed E-state index contributed by atoms with van der Waals surface area (Å²) in [6.07, 6.45) is -3.13. The standard InChI is InChI=1S/C53H84N6O13/c1-15-18-42(61)57(12)39(26-30(5)6)49(65)56-45-34(11)71-53(69)40(27-35-20-22-36(70-14)23-21-35)58(13)52(68)38-19-17-24-59(38)51(67)37(25-29(3)4)54-48(64)33(10)46(63)47(31(7)8)72-43(62)28-41(60)44(32(9)16-2)55-50(45)66/h20-23,29-34,37-41,44-45,47,60H,15-19,24-28H2,1-14H3,(H,54,64)(H,55,66)(H,56,65)/t32-,33-,34+,37-,38-,39+,40-,41-,44-,45-,47-/m0/s1. The van der Waals surface area contributed by atoms with Gasteiger partial charge in [0.15, 0.2) is 11.9 Å². The van der Waals surface area contributed by atoms with E-state index in [-0.39, 0.29) is 56.4 Å². The summed E-state index contributed by atoms with van der Waals surface area (Å²) in [5, 5.41) is 20.0. The number of fused-ring (bicyclic) bond motifs is 1. The predicted octanol–water partition coefficient (Wildman–Crippen LogP) is 3.74. The topological polar surface area (TPSA) is 247 Å². The van der Waals surface area contributed by atoms with Gasteiger partial charge in [-0.3, -0.25) is 38.4 Å². The molecular formula is C53H84N6O13. The number of esters is 2. The molecule has 0 radical (unpaired) electrons. The van der Waals surface area contributed by atoms with Crippen LogP contribution in [-0.4, -0.2) is 155 Å². The van der Waals surface area contributed by atoms with Crippen LogP contribution in [0.5, 0.6) is 5.75 Å². The van der Waals surface area contributed by atoms with Crippen LogP contribution in [0.1, 0.15) is 133 Å². The molecule has 11 atom stereocenters. The van der Waals surface area contributed by atoms with Crippen LogP contribution in [0.15, 0.2) is 24.3 Å². The quantitative estimate of drug-likeness (QED) is 0.145. The molecule has 0 bridgehead atoms. The summed E-state index contributed by atoms with van der Waals surface area (Å²) in [5.41, 5.74) is 0.604. The fourth-order valence-corrected chi connectivity index (χ4v) is 9.17. The number of ketones is 1. The van der Waals surface area contributed by atoms with Crippen molar-refractivity contribution in [2.45, 2.75) is 189 Å². The summed E-state index contributed by atoms with van der Waals surface area (Å²) in [7, 11) is 4.43. The number of nitrogens with one attached hydrogen (secondary N) is 3. The number of methoxy groups -OCH3 is 1. The van der Waals surface area contributed by atoms with Crippen molar-refractivity contribution >= 4 is 53.2 Å². The first kappa shape index (κ1) is 60.7. The zero-order valence-electron chi connectivity index (χ0n) is 45.2. The van der Waals surface area contributed by atoms with Crippen molar-refractivity contribution in [1.29, 1.82) is 0 Å². The normalized spacial score (nSPS) is 26.6. The molecule has 0 saturated carbocycles. The zero-order chi connectivity index (χ0) is 54.3. The second kappa shape index (κ2) is 28.0. The molecule has 2 heterocycles. The summed E-state index contributed by atoms with van der Waals surface area (Å²) in [5.74, 6) is -8.67. The van der Waals surface area contributed by atoms with E-state index < -0.39 is 126 Å². The van der Waals surface area contributed by atoms with E-state index in [9.17, 15) is 48.3 Å². The summed E-state index contributed by atoms with van der Waals surface area (Å²) in [6, 6.07) is -0.610. The lowest BCUT2D eigenvalue weighted by atomic mass is 9.91. The number of Topliss-reactive ketones (excluding diaryl/α,β-unsaturated/α-hetero) is 1. The fraction of sp³-hybridized carbons (Fsp3) is 0.717. The minimum absolute atomic E-state index is 0.0762. The minimum Gasteiger partial charge on any atom is -0.497 e. The van der Waals surface area contributed by atoms with Gasteiger partial charge in [0.2, 0.25) is 35.4 Å². The largest absolute Gasteiger partial charge is 0.497 e. The lowest BCUT2D eigenvalue weighted by molar-refractivity contribution is -0.163. The fourth-order valence-electron chi connectivity index (χ4n) is 9.17. The Morgan fingerprint density at radius 2 is 1.54 bits per heavy atom. The smallest absolute Gasteiger partial charge is 0.329 e. The van der Waals surface area contributed by atoms with Crippen LogP contribution in [0.3, 0.4) is 0 Å². The van der Waals surface area contributed by atoms with Gasteiger partial charge in [-0.1, -0.05) is 80.9 Å². The Morgan fingerprint density at radius 3 is 2.10 bits per heavy atom. The number of hydrogen-bond donors (Lipinski definition) is 4. The van der Waals surface area contributed by atoms with E-state index in [2.05, 4.69) is 16.0 Å². The SMILES string of the molecule is CCCC(=O)N(C)[C@H](CC(C)C)C(=O)N[C@@H]1C(=O)N[C@@H]([C@@H](C)CC)[C@@H](O)CC(=O)O[C@@H](C(C)C)C(=O)[C@H](C)C(=O)N[C@@H](CC(C)C)C(=O)N2CCC[C@H]2C(=O)N(C)[C@@H](Cc2ccc(OC)cc2)C(=O)O[C@@H]1C. The highest BCUT2D eigenvalue weighted by molar-refractivity contribution is 6.05. The van der Waals surface area contributed by atoms with Gasteiger partial charge in [0.25, 0.3) is 0 Å². The highest BCUT2D eigenvalue weighted by Gasteiger charge is 2.45. The van der Waals surface area contributed by atoms with Gasteiger partial charge in [-0.15, -0.1) is 0 Å². The molecule has 19 heteroatoms. The molecule has 4 N–H and O–H groups in total. The van der Waals surface area contributed by atoms with E-state index in [1.807, 2.05) is 34.6 Å². The van der Waals surface area contributed by atoms with Crippen molar-refractivity contribution in [1.82, 2.24) is 30.7 Å². The van der Waals surface area contributed by atoms with Crippen molar-refractivity contribution < 1.29 is 62.5 Å². The molecule has 2 aliphatic rings. The Morgan fingerprint density at radius 1 is 0.903 bits per heavy atom. The molecule has 3 rings (SSSR count). The lowest BCUT2D eigenvalue weighted by Gasteiger charge is -2.36. The van der Waals surface area contributed by atoms with Crippen LogP contribution >= 0.6 is 0 Å². The number of aliphatic hydroxyl groups excluding tert-OH is 1. The Bertz CT molecular complexity index is 2050. The van der Waals surface area contributed by atoms with E-state index in [1.165, 1.54) is 49.8 Å². The van der Waals surface area contributed by atoms with Crippen LogP contribution in [0.4, 0.5) is 0 Å². The van der Waals surface area contributed by atoms with Crippen LogP contribution in [0, 0.1) is 29.6 Å². The van der Waals surface area contributed by atoms with Gasteiger partial charge in [-0.05, 0) is 87.3 Å². The molecule has 1 aromatic carbocycles. The van der Waals surface area contributed by atoms with Gasteiger partial charge in [0.05, 0.1) is 31.6 Å². The Kier molecular flexibility index (Phi) is 23.6. The van der Waals surface area contributed by atoms with Crippen LogP contribution in [-0.2, 0) is 59.0 Å². The molecule has 2 aliphatic heterocycles. The Balaban J connectivity index is 2.28. The summed E-state index contributed by atoms with van der Waals surface area (Å²) >= 11 is 0. The first-order valence-electron chi connectivity index (χ1n) is 25.8. The third-order valence-electron chi connectivity index (χ3n) is 13.8. The van der Waals surface area contributed by atoms with Crippen LogP contribution in [0.2, 0.25) is 0 Å². The van der Waals surface area contributed by atoms with Crippen molar-refractivity contribution in [3.63, 3.8) is 0 Å². The first-order valence-corrected chi connectivity index (χ1v) is 25.8. The number of cyclic esters (lactones) is 2. The van der Waals surface area contributed by atoms with E-state index in [0.717, 1.165) is 0 Å². The molecule has 0 aromatic heterocycles. The first-order chi connectivity index (χ1) is 33.8. The maximum absolute atomic E-state index is 14.8. The molecule has 0 unspecified atom stereocenters. The number of carbonyl (C=O) groups is 9. The second-order valence-electron chi connectivity index (χ2n) is 20.9. The van der Waals surface area contributed by atoms with Gasteiger partial charge in [0, 0.05) is 33.5 Å². The number of hydrogen-bond acceptors (Lipinski definition) is 13. The number of benzene rings is 1. The molecular weight excluding hydrogens is 929 g/mol. The molecule has 0 aliphatic carbocycles. The predicted molar refractivity (Wildman–Crippen MR) is 269 cm³/mol. The van der Waals surface area contributed by atoms with Crippen molar-refractivity contribution in [3.05, 3.63) is 29.8 Å². The molecule has 2 saturated heterocycles. The number of likely N-dealkylation sites (N-methyl/N-ethyl adjacent to an activating group) is 2. The van der Waals surface area contributed by atoms with Crippen molar-refractivity contribution in [3.8, 4) is 5.75 Å². The molecule has 0 spiro atoms. The van der Waals surface area contributed by atoms with E-state index >= 15 is 0 Å².